The summed E-state index contributed by atoms with van der Waals surface area (Å²) in [6, 6.07) is 25.8. The number of hydrogen-bond donors (Lipinski definition) is 7. The fourth-order valence-corrected chi connectivity index (χ4v) is 4.61. The molecular formula is C32H39N7O3S3. The molecule has 0 aromatic heterocycles. The lowest BCUT2D eigenvalue weighted by Crippen LogP contribution is -2.45. The van der Waals surface area contributed by atoms with Crippen LogP contribution in [0.2, 0.25) is 0 Å². The van der Waals surface area contributed by atoms with Crippen molar-refractivity contribution in [2.45, 2.75) is 25.6 Å². The second-order valence-electron chi connectivity index (χ2n) is 9.82. The number of amides is 1. The third kappa shape index (κ3) is 13.9. The number of benzene rings is 3. The molecule has 13 heteroatoms. The highest BCUT2D eigenvalue weighted by atomic mass is 32.1. The molecule has 10 nitrogen and oxygen atoms in total. The van der Waals surface area contributed by atoms with Gasteiger partial charge in [-0.1, -0.05) is 72.8 Å². The number of nitrogens with one attached hydrogen (secondary N) is 7. The Morgan fingerprint density at radius 2 is 1.02 bits per heavy atom. The lowest BCUT2D eigenvalue weighted by atomic mass is 10.1. The Kier molecular flexibility index (Phi) is 15.5. The zero-order chi connectivity index (χ0) is 32.3. The van der Waals surface area contributed by atoms with E-state index in [-0.39, 0.29) is 5.91 Å². The van der Waals surface area contributed by atoms with Gasteiger partial charge in [0.15, 0.2) is 15.3 Å². The largest absolute Gasteiger partial charge is 0.467 e. The van der Waals surface area contributed by atoms with Crippen molar-refractivity contribution in [3.8, 4) is 0 Å². The van der Waals surface area contributed by atoms with E-state index in [4.69, 9.17) is 41.4 Å². The molecule has 0 heterocycles. The quantitative estimate of drug-likeness (QED) is 0.0732. The highest BCUT2D eigenvalue weighted by molar-refractivity contribution is 7.80. The third-order valence-corrected chi connectivity index (χ3v) is 7.30. The second kappa shape index (κ2) is 19.8. The number of methoxy groups -OCH3 is 1. The molecule has 0 saturated carbocycles. The van der Waals surface area contributed by atoms with E-state index >= 15 is 0 Å². The van der Waals surface area contributed by atoms with Crippen LogP contribution in [-0.4, -0.2) is 66.5 Å². The maximum atomic E-state index is 12.8. The summed E-state index contributed by atoms with van der Waals surface area (Å²) in [6.07, 6.45) is 0.337. The van der Waals surface area contributed by atoms with Gasteiger partial charge in [0.05, 0.1) is 7.11 Å². The molecule has 0 spiro atoms. The van der Waals surface area contributed by atoms with Gasteiger partial charge in [0.1, 0.15) is 6.04 Å². The Labute approximate surface area is 280 Å². The summed E-state index contributed by atoms with van der Waals surface area (Å²) in [5.41, 5.74) is 3.47. The summed E-state index contributed by atoms with van der Waals surface area (Å²) in [7, 11) is 1.31. The van der Waals surface area contributed by atoms with Crippen molar-refractivity contribution in [2.75, 3.05) is 33.3 Å². The van der Waals surface area contributed by atoms with Crippen LogP contribution in [0.3, 0.4) is 0 Å². The van der Waals surface area contributed by atoms with Crippen molar-refractivity contribution >= 4 is 63.9 Å². The number of carbonyl (C=O) groups is 2. The molecule has 3 rings (SSSR count). The molecule has 3 aromatic carbocycles. The van der Waals surface area contributed by atoms with Gasteiger partial charge in [-0.2, -0.15) is 0 Å². The second-order valence-corrected chi connectivity index (χ2v) is 11.0. The molecule has 238 valence electrons. The molecular weight excluding hydrogens is 627 g/mol. The van der Waals surface area contributed by atoms with Crippen LogP contribution >= 0.6 is 36.7 Å². The van der Waals surface area contributed by atoms with Crippen molar-refractivity contribution in [1.29, 1.82) is 0 Å². The summed E-state index contributed by atoms with van der Waals surface area (Å²) in [6.45, 7) is 3.55. The summed E-state index contributed by atoms with van der Waals surface area (Å²) in [5, 5.41) is 23.3. The summed E-state index contributed by atoms with van der Waals surface area (Å²) >= 11 is 16.0. The molecule has 0 aliphatic carbocycles. The normalized spacial score (nSPS) is 10.9. The van der Waals surface area contributed by atoms with Gasteiger partial charge in [0.2, 0.25) is 0 Å². The van der Waals surface area contributed by atoms with E-state index in [1.165, 1.54) is 7.11 Å². The van der Waals surface area contributed by atoms with Gasteiger partial charge in [-0.15, -0.1) is 0 Å². The van der Waals surface area contributed by atoms with Crippen LogP contribution in [-0.2, 0) is 29.0 Å². The molecule has 0 unspecified atom stereocenters. The van der Waals surface area contributed by atoms with Crippen molar-refractivity contribution in [3.05, 3.63) is 107 Å². The first-order valence-corrected chi connectivity index (χ1v) is 15.7. The van der Waals surface area contributed by atoms with Crippen LogP contribution in [0.5, 0.6) is 0 Å². The van der Waals surface area contributed by atoms with Crippen molar-refractivity contribution < 1.29 is 14.3 Å². The Morgan fingerprint density at radius 1 is 0.600 bits per heavy atom. The fraction of sp³-hybridized carbons (Fsp3) is 0.281. The number of esters is 1. The smallest absolute Gasteiger partial charge is 0.328 e. The summed E-state index contributed by atoms with van der Waals surface area (Å²) in [4.78, 5) is 25.1. The molecule has 0 radical (unpaired) electrons. The monoisotopic (exact) mass is 665 g/mol. The first kappa shape index (κ1) is 35.2. The highest BCUT2D eigenvalue weighted by Crippen LogP contribution is 2.08. The van der Waals surface area contributed by atoms with Crippen LogP contribution < -0.4 is 37.2 Å². The van der Waals surface area contributed by atoms with E-state index in [0.717, 1.165) is 16.7 Å². The molecule has 0 saturated heterocycles. The van der Waals surface area contributed by atoms with Gasteiger partial charge < -0.3 is 42.0 Å². The number of ether oxygens (including phenoxy) is 1. The van der Waals surface area contributed by atoms with Crippen LogP contribution in [0.4, 0.5) is 0 Å². The third-order valence-electron chi connectivity index (χ3n) is 6.43. The fourth-order valence-electron chi connectivity index (χ4n) is 4.05. The average molecular weight is 666 g/mol. The van der Waals surface area contributed by atoms with E-state index in [1.807, 2.05) is 72.8 Å². The topological polar surface area (TPSA) is 128 Å². The van der Waals surface area contributed by atoms with Crippen molar-refractivity contribution in [2.24, 2.45) is 0 Å². The van der Waals surface area contributed by atoms with E-state index in [1.54, 1.807) is 12.1 Å². The summed E-state index contributed by atoms with van der Waals surface area (Å²) < 4.78 is 4.88. The molecule has 1 amide bonds. The molecule has 45 heavy (non-hydrogen) atoms. The SMILES string of the molecule is COC(=O)[C@H](Cc1ccccc1)NC(=O)c1ccc(CNC(=S)NCCNC(=S)NCCNC(=S)NCc2ccccc2)cc1. The van der Waals surface area contributed by atoms with Gasteiger partial charge >= 0.3 is 5.97 Å². The standard InChI is InChI=1S/C32H39N7O3S3/c1-42-29(41)27(20-23-8-4-2-5-9-23)39-28(40)26-14-12-25(13-15-26)22-38-32(45)36-19-17-34-30(43)33-16-18-35-31(44)37-21-24-10-6-3-7-11-24/h2-15,27H,16-22H2,1H3,(H,39,40)(H2,33,34,43)(H2,35,37,44)(H2,36,38,45)/t27-/m0/s1. The molecule has 0 aliphatic rings. The van der Waals surface area contributed by atoms with Crippen LogP contribution in [0, 0.1) is 0 Å². The first-order valence-electron chi connectivity index (χ1n) is 14.4. The van der Waals surface area contributed by atoms with Crippen LogP contribution in [0.15, 0.2) is 84.9 Å². The first-order chi connectivity index (χ1) is 21.8. The molecule has 0 fully saturated rings. The minimum Gasteiger partial charge on any atom is -0.467 e. The Balaban J connectivity index is 1.26. The van der Waals surface area contributed by atoms with Crippen LogP contribution in [0.1, 0.15) is 27.0 Å². The number of hydrogen-bond acceptors (Lipinski definition) is 6. The van der Waals surface area contributed by atoms with E-state index < -0.39 is 12.0 Å². The van der Waals surface area contributed by atoms with Gasteiger partial charge in [-0.3, -0.25) is 4.79 Å². The van der Waals surface area contributed by atoms with Gasteiger partial charge in [-0.25, -0.2) is 4.79 Å². The van der Waals surface area contributed by atoms with Gasteiger partial charge in [0.25, 0.3) is 5.91 Å². The predicted molar refractivity (Wildman–Crippen MR) is 190 cm³/mol. The van der Waals surface area contributed by atoms with E-state index in [2.05, 4.69) is 37.2 Å². The van der Waals surface area contributed by atoms with Gasteiger partial charge in [-0.05, 0) is 65.5 Å². The Morgan fingerprint density at radius 3 is 1.49 bits per heavy atom. The Bertz CT molecular complexity index is 1390. The molecule has 7 N–H and O–H groups in total. The van der Waals surface area contributed by atoms with Crippen LogP contribution in [0.25, 0.3) is 0 Å². The molecule has 3 aromatic rings. The maximum Gasteiger partial charge on any atom is 0.328 e. The lowest BCUT2D eigenvalue weighted by molar-refractivity contribution is -0.142. The number of thiocarbonyl (C=S) groups is 3. The maximum absolute atomic E-state index is 12.8. The number of carbonyl (C=O) groups excluding carboxylic acids is 2. The van der Waals surface area contributed by atoms with Gasteiger partial charge in [0, 0.05) is 51.3 Å². The van der Waals surface area contributed by atoms with Crippen molar-refractivity contribution in [1.82, 2.24) is 37.2 Å². The predicted octanol–water partition coefficient (Wildman–Crippen LogP) is 2.29. The zero-order valence-corrected chi connectivity index (χ0v) is 27.5. The minimum atomic E-state index is -0.789. The van der Waals surface area contributed by atoms with E-state index in [0.29, 0.717) is 66.6 Å². The molecule has 1 atom stereocenters. The highest BCUT2D eigenvalue weighted by Gasteiger charge is 2.22. The number of rotatable bonds is 15. The molecule has 0 bridgehead atoms. The molecule has 0 aliphatic heterocycles. The average Bonchev–Trinajstić information content (AvgIpc) is 3.07. The van der Waals surface area contributed by atoms with Crippen molar-refractivity contribution in [3.63, 3.8) is 0 Å². The lowest BCUT2D eigenvalue weighted by Gasteiger charge is -2.17. The Hall–Kier alpha value is -4.33. The summed E-state index contributed by atoms with van der Waals surface area (Å²) in [5.74, 6) is -0.850. The zero-order valence-electron chi connectivity index (χ0n) is 25.1. The van der Waals surface area contributed by atoms with E-state index in [9.17, 15) is 9.59 Å². The minimum absolute atomic E-state index is 0.337.